The van der Waals surface area contributed by atoms with Gasteiger partial charge in [0.05, 0.1) is 22.8 Å². The molecule has 0 saturated carbocycles. The van der Waals surface area contributed by atoms with E-state index in [9.17, 15) is 0 Å². The molecule has 0 saturated heterocycles. The molecule has 2 nitrogen and oxygen atoms in total. The predicted octanol–water partition coefficient (Wildman–Crippen LogP) is 20.7. The average molecular weight is 1080 g/mol. The van der Waals surface area contributed by atoms with Gasteiger partial charge >= 0.3 is 0 Å². The zero-order chi connectivity index (χ0) is 57.3. The lowest BCUT2D eigenvalue weighted by molar-refractivity contribution is 0.932. The van der Waals surface area contributed by atoms with Crippen molar-refractivity contribution in [2.75, 3.05) is 0 Å². The van der Waals surface area contributed by atoms with Gasteiger partial charge < -0.3 is 0 Å². The molecule has 0 amide bonds. The molecular formula is C82H68N2. The first-order valence-electron chi connectivity index (χ1n) is 29.6. The topological polar surface area (TPSA) is 24.7 Å². The van der Waals surface area contributed by atoms with Crippen molar-refractivity contribution < 1.29 is 0 Å². The van der Waals surface area contributed by atoms with E-state index in [4.69, 9.17) is 9.98 Å². The summed E-state index contributed by atoms with van der Waals surface area (Å²) in [7, 11) is 0. The lowest BCUT2D eigenvalue weighted by Crippen LogP contribution is -2.15. The highest BCUT2D eigenvalue weighted by molar-refractivity contribution is 6.61. The van der Waals surface area contributed by atoms with Crippen LogP contribution in [0.2, 0.25) is 0 Å². The van der Waals surface area contributed by atoms with Crippen LogP contribution in [0.5, 0.6) is 0 Å². The van der Waals surface area contributed by atoms with Gasteiger partial charge in [-0.3, -0.25) is 0 Å². The Bertz CT molecular complexity index is 3970. The second kappa shape index (κ2) is 23.2. The normalized spacial score (nSPS) is 13.1. The van der Waals surface area contributed by atoms with Crippen molar-refractivity contribution in [3.8, 4) is 0 Å². The van der Waals surface area contributed by atoms with E-state index >= 15 is 0 Å². The Morgan fingerprint density at radius 1 is 0.226 bits per heavy atom. The number of benzene rings is 12. The second-order valence-electron chi connectivity index (χ2n) is 23.2. The monoisotopic (exact) mass is 1080 g/mol. The lowest BCUT2D eigenvalue weighted by atomic mass is 9.77. The van der Waals surface area contributed by atoms with Crippen LogP contribution in [0.4, 0.5) is 11.4 Å². The number of nitrogens with zero attached hydrogens (tertiary/aromatic N) is 2. The Hall–Kier alpha value is -9.76. The summed E-state index contributed by atoms with van der Waals surface area (Å²) in [6.45, 7) is 13.2. The summed E-state index contributed by atoms with van der Waals surface area (Å²) < 4.78 is 0. The molecule has 0 aromatic heterocycles. The highest BCUT2D eigenvalue weighted by Crippen LogP contribution is 2.50. The summed E-state index contributed by atoms with van der Waals surface area (Å²) in [4.78, 5) is 12.8. The van der Waals surface area contributed by atoms with E-state index in [0.29, 0.717) is 0 Å². The molecule has 1 aliphatic carbocycles. The van der Waals surface area contributed by atoms with Crippen LogP contribution in [0.15, 0.2) is 289 Å². The number of aliphatic imine (C=N–C) groups is 2. The number of aryl methyl sites for hydroxylation is 6. The highest BCUT2D eigenvalue weighted by atomic mass is 14.9. The molecule has 84 heavy (non-hydrogen) atoms. The minimum atomic E-state index is -0.161. The molecule has 0 radical (unpaired) electrons. The zero-order valence-corrected chi connectivity index (χ0v) is 48.8. The number of rotatable bonds is 14. The van der Waals surface area contributed by atoms with Crippen molar-refractivity contribution in [3.63, 3.8) is 0 Å². The Labute approximate surface area is 496 Å². The average Bonchev–Trinajstić information content (AvgIpc) is 2.10. The Morgan fingerprint density at radius 2 is 0.464 bits per heavy atom. The molecule has 13 rings (SSSR count). The molecule has 0 heterocycles. The first-order chi connectivity index (χ1) is 41.1. The fourth-order valence-corrected chi connectivity index (χ4v) is 13.1. The Morgan fingerprint density at radius 3 is 0.714 bits per heavy atom. The maximum atomic E-state index is 6.42. The highest BCUT2D eigenvalue weighted by Gasteiger charge is 2.34. The van der Waals surface area contributed by atoms with Crippen molar-refractivity contribution >= 4 is 33.6 Å². The van der Waals surface area contributed by atoms with Gasteiger partial charge in [0.15, 0.2) is 0 Å². The van der Waals surface area contributed by atoms with E-state index in [1.807, 2.05) is 0 Å². The first-order valence-corrected chi connectivity index (χ1v) is 29.6. The Balaban J connectivity index is 1.18. The second-order valence-corrected chi connectivity index (χ2v) is 23.2. The van der Waals surface area contributed by atoms with E-state index in [1.54, 1.807) is 0 Å². The largest absolute Gasteiger partial charge is 0.245 e. The fraction of sp³-hybridized carbons (Fsp3) is 0.122. The summed E-state index contributed by atoms with van der Waals surface area (Å²) in [5, 5.41) is 2.32. The summed E-state index contributed by atoms with van der Waals surface area (Å²) in [6, 6.07) is 104. The third-order valence-corrected chi connectivity index (χ3v) is 17.1. The summed E-state index contributed by atoms with van der Waals surface area (Å²) >= 11 is 0. The van der Waals surface area contributed by atoms with Crippen LogP contribution in [-0.4, -0.2) is 11.4 Å². The minimum Gasteiger partial charge on any atom is -0.245 e. The Kier molecular flexibility index (Phi) is 14.8. The van der Waals surface area contributed by atoms with Crippen LogP contribution in [-0.2, 0) is 0 Å². The molecule has 0 aliphatic heterocycles. The number of hydrogen-bond acceptors (Lipinski definition) is 2. The van der Waals surface area contributed by atoms with Crippen LogP contribution in [0.1, 0.15) is 135 Å². The van der Waals surface area contributed by atoms with Crippen LogP contribution in [0.25, 0.3) is 10.8 Å². The molecule has 0 spiro atoms. The molecular weight excluding hydrogens is 1010 g/mol. The SMILES string of the molecule is Cc1ccc(C(c2ccc(C)cc2)c2cc(C)cc(C(c3ccc(C)cc3)c3ccc(C)cc3)c2N=C2C(=Nc3c(C(c4ccccc4)c4ccccc4)cc(C)cc3C(c3ccccc3)c3ccccc3)c3cccc4cccc2c34)cc1. The van der Waals surface area contributed by atoms with Crippen LogP contribution < -0.4 is 0 Å². The molecule has 406 valence electrons. The summed E-state index contributed by atoms with van der Waals surface area (Å²) in [5.41, 5.74) is 27.2. The van der Waals surface area contributed by atoms with E-state index in [0.717, 1.165) is 67.0 Å². The minimum absolute atomic E-state index is 0.151. The van der Waals surface area contributed by atoms with Gasteiger partial charge in [-0.2, -0.15) is 0 Å². The number of hydrogen-bond donors (Lipinski definition) is 0. The summed E-state index contributed by atoms with van der Waals surface area (Å²) in [5.74, 6) is -0.623. The summed E-state index contributed by atoms with van der Waals surface area (Å²) in [6.07, 6.45) is 0. The van der Waals surface area contributed by atoms with Gasteiger partial charge in [-0.15, -0.1) is 0 Å². The van der Waals surface area contributed by atoms with Crippen LogP contribution in [0.3, 0.4) is 0 Å². The molecule has 12 aromatic carbocycles. The molecule has 0 bridgehead atoms. The predicted molar refractivity (Wildman–Crippen MR) is 353 cm³/mol. The maximum absolute atomic E-state index is 6.42. The molecule has 0 N–H and O–H groups in total. The first kappa shape index (κ1) is 53.5. The maximum Gasteiger partial charge on any atom is 0.0979 e. The standard InChI is InChI=1S/C82H68N2/c1-53-33-41-64(42-34-53)76(65-43-35-54(2)36-44-65)72-51-58(6)52-73(77(66-45-37-55(3)38-46-66)67-47-39-56(4)40-48-67)80(72)84-82-69-32-20-30-63-29-19-31-68(78(63)69)81(82)83-79-70(74(59-21-11-7-12-22-59)60-23-13-8-14-24-60)49-57(5)50-71(79)75(61-25-15-9-16-26-61)62-27-17-10-18-28-62/h7-52,74-77H,1-6H3. The van der Waals surface area contributed by atoms with Crippen LogP contribution in [0, 0.1) is 41.5 Å². The van der Waals surface area contributed by atoms with E-state index in [2.05, 4.69) is 321 Å². The van der Waals surface area contributed by atoms with Gasteiger partial charge in [-0.25, -0.2) is 9.98 Å². The quantitative estimate of drug-likeness (QED) is 0.0970. The van der Waals surface area contributed by atoms with Crippen molar-refractivity contribution in [3.05, 3.63) is 390 Å². The third kappa shape index (κ3) is 10.6. The molecule has 0 unspecified atom stereocenters. The van der Waals surface area contributed by atoms with Gasteiger partial charge in [0.2, 0.25) is 0 Å². The molecule has 1 aliphatic rings. The van der Waals surface area contributed by atoms with Crippen LogP contribution >= 0.6 is 0 Å². The van der Waals surface area contributed by atoms with Gasteiger partial charge in [-0.05, 0) is 114 Å². The van der Waals surface area contributed by atoms with E-state index in [1.165, 1.54) is 77.9 Å². The van der Waals surface area contributed by atoms with Gasteiger partial charge in [-0.1, -0.05) is 312 Å². The van der Waals surface area contributed by atoms with E-state index in [-0.39, 0.29) is 23.7 Å². The molecule has 0 fully saturated rings. The van der Waals surface area contributed by atoms with Gasteiger partial charge in [0.1, 0.15) is 0 Å². The molecule has 12 aromatic rings. The van der Waals surface area contributed by atoms with Crippen molar-refractivity contribution in [2.24, 2.45) is 9.98 Å². The fourth-order valence-electron chi connectivity index (χ4n) is 13.1. The molecule has 0 atom stereocenters. The molecule has 2 heteroatoms. The lowest BCUT2D eigenvalue weighted by Gasteiger charge is -2.28. The zero-order valence-electron chi connectivity index (χ0n) is 48.8. The van der Waals surface area contributed by atoms with E-state index < -0.39 is 0 Å². The van der Waals surface area contributed by atoms with Crippen molar-refractivity contribution in [1.82, 2.24) is 0 Å². The van der Waals surface area contributed by atoms with Crippen molar-refractivity contribution in [2.45, 2.75) is 65.2 Å². The van der Waals surface area contributed by atoms with Gasteiger partial charge in [0.25, 0.3) is 0 Å². The van der Waals surface area contributed by atoms with Gasteiger partial charge in [0, 0.05) is 40.2 Å². The van der Waals surface area contributed by atoms with Crippen molar-refractivity contribution in [1.29, 1.82) is 0 Å². The smallest absolute Gasteiger partial charge is 0.0979 e. The third-order valence-electron chi connectivity index (χ3n) is 17.1.